The maximum Gasteiger partial charge on any atom is 0.573 e. The summed E-state index contributed by atoms with van der Waals surface area (Å²) >= 11 is 1.12. The second-order valence-corrected chi connectivity index (χ2v) is 6.05. The molecule has 1 aromatic carbocycles. The number of amides is 1. The van der Waals surface area contributed by atoms with Crippen molar-refractivity contribution in [2.24, 2.45) is 0 Å². The largest absolute Gasteiger partial charge is 0.573 e. The Labute approximate surface area is 155 Å². The first-order chi connectivity index (χ1) is 12.9. The molecule has 0 aliphatic rings. The first kappa shape index (κ1) is 18.7. The number of aromatic amines is 1. The van der Waals surface area contributed by atoms with Gasteiger partial charge >= 0.3 is 6.36 Å². The Hall–Kier alpha value is -3.08. The molecule has 140 valence electrons. The van der Waals surface area contributed by atoms with E-state index in [1.165, 1.54) is 12.1 Å². The van der Waals surface area contributed by atoms with E-state index in [0.29, 0.717) is 16.7 Å². The minimum absolute atomic E-state index is 0.0362. The van der Waals surface area contributed by atoms with Crippen molar-refractivity contribution in [1.82, 2.24) is 20.2 Å². The van der Waals surface area contributed by atoms with Gasteiger partial charge in [0.15, 0.2) is 5.82 Å². The van der Waals surface area contributed by atoms with Gasteiger partial charge in [0.05, 0.1) is 5.75 Å². The Morgan fingerprint density at radius 1 is 1.15 bits per heavy atom. The van der Waals surface area contributed by atoms with E-state index in [0.717, 1.165) is 29.5 Å². The molecule has 0 fully saturated rings. The summed E-state index contributed by atoms with van der Waals surface area (Å²) in [6, 6.07) is 8.41. The van der Waals surface area contributed by atoms with Crippen LogP contribution in [0.3, 0.4) is 0 Å². The molecule has 27 heavy (non-hydrogen) atoms. The predicted octanol–water partition coefficient (Wildman–Crippen LogP) is 3.50. The number of nitrogens with one attached hydrogen (secondary N) is 2. The maximum atomic E-state index is 12.1. The molecule has 0 saturated heterocycles. The van der Waals surface area contributed by atoms with Gasteiger partial charge in [0.2, 0.25) is 11.1 Å². The fourth-order valence-electron chi connectivity index (χ4n) is 2.02. The van der Waals surface area contributed by atoms with E-state index in [4.69, 9.17) is 0 Å². The number of carbonyl (C=O) groups excluding carboxylic acids is 1. The number of halogens is 3. The highest BCUT2D eigenvalue weighted by Crippen LogP contribution is 2.24. The van der Waals surface area contributed by atoms with Gasteiger partial charge in [0.1, 0.15) is 5.75 Å². The molecule has 2 aromatic heterocycles. The molecular formula is C16H12F3N5O2S. The Balaban J connectivity index is 1.51. The number of carbonyl (C=O) groups is 1. The zero-order valence-corrected chi connectivity index (χ0v) is 14.3. The van der Waals surface area contributed by atoms with Gasteiger partial charge in [-0.05, 0) is 36.4 Å². The fourth-order valence-corrected chi connectivity index (χ4v) is 2.62. The lowest BCUT2D eigenvalue weighted by Crippen LogP contribution is -2.17. The summed E-state index contributed by atoms with van der Waals surface area (Å²) in [5.74, 6) is -0.117. The van der Waals surface area contributed by atoms with Crippen LogP contribution in [0.2, 0.25) is 0 Å². The Morgan fingerprint density at radius 2 is 1.85 bits per heavy atom. The number of H-pyrrole nitrogens is 1. The molecule has 7 nitrogen and oxygen atoms in total. The van der Waals surface area contributed by atoms with Crippen molar-refractivity contribution >= 4 is 23.4 Å². The first-order valence-corrected chi connectivity index (χ1v) is 8.49. The summed E-state index contributed by atoms with van der Waals surface area (Å²) in [7, 11) is 0. The van der Waals surface area contributed by atoms with Crippen LogP contribution in [0.5, 0.6) is 5.75 Å². The summed E-state index contributed by atoms with van der Waals surface area (Å²) in [5, 5.41) is 9.76. The Morgan fingerprint density at radius 3 is 2.52 bits per heavy atom. The zero-order chi connectivity index (χ0) is 19.3. The van der Waals surface area contributed by atoms with Crippen LogP contribution in [0.4, 0.5) is 18.9 Å². The number of hydrogen-bond donors (Lipinski definition) is 2. The van der Waals surface area contributed by atoms with Crippen LogP contribution >= 0.6 is 11.8 Å². The van der Waals surface area contributed by atoms with E-state index in [-0.39, 0.29) is 17.4 Å². The van der Waals surface area contributed by atoms with Crippen molar-refractivity contribution < 1.29 is 22.7 Å². The molecule has 0 bridgehead atoms. The number of pyridine rings is 1. The van der Waals surface area contributed by atoms with Crippen molar-refractivity contribution in [3.8, 4) is 17.1 Å². The Kier molecular flexibility index (Phi) is 5.60. The van der Waals surface area contributed by atoms with Gasteiger partial charge in [0.25, 0.3) is 0 Å². The van der Waals surface area contributed by atoms with Gasteiger partial charge in [-0.3, -0.25) is 14.9 Å². The normalized spacial score (nSPS) is 11.2. The summed E-state index contributed by atoms with van der Waals surface area (Å²) in [6.45, 7) is 0. The first-order valence-electron chi connectivity index (χ1n) is 7.50. The Bertz CT molecular complexity index is 900. The molecule has 0 atom stereocenters. The highest BCUT2D eigenvalue weighted by molar-refractivity contribution is 7.99. The van der Waals surface area contributed by atoms with Gasteiger partial charge in [-0.1, -0.05) is 11.8 Å². The SMILES string of the molecule is O=C(CSc1n[nH]c(-c2ccncc2)n1)Nc1ccc(OC(F)(F)F)cc1. The molecule has 3 aromatic rings. The lowest BCUT2D eigenvalue weighted by Gasteiger charge is -2.09. The molecule has 1 amide bonds. The average molecular weight is 395 g/mol. The molecule has 0 saturated carbocycles. The van der Waals surface area contributed by atoms with E-state index >= 15 is 0 Å². The summed E-state index contributed by atoms with van der Waals surface area (Å²) in [5.41, 5.74) is 1.16. The average Bonchev–Trinajstić information content (AvgIpc) is 3.10. The quantitative estimate of drug-likeness (QED) is 0.621. The molecule has 2 heterocycles. The van der Waals surface area contributed by atoms with Crippen molar-refractivity contribution in [2.75, 3.05) is 11.1 Å². The third-order valence-corrected chi connectivity index (χ3v) is 3.97. The van der Waals surface area contributed by atoms with Gasteiger partial charge in [0, 0.05) is 23.6 Å². The van der Waals surface area contributed by atoms with Gasteiger partial charge < -0.3 is 10.1 Å². The van der Waals surface area contributed by atoms with E-state index in [2.05, 4.69) is 30.2 Å². The van der Waals surface area contributed by atoms with Crippen molar-refractivity contribution in [3.63, 3.8) is 0 Å². The number of anilines is 1. The van der Waals surface area contributed by atoms with Gasteiger partial charge in [-0.15, -0.1) is 18.3 Å². The van der Waals surface area contributed by atoms with Crippen LogP contribution < -0.4 is 10.1 Å². The number of thioether (sulfide) groups is 1. The number of alkyl halides is 3. The van der Waals surface area contributed by atoms with Crippen molar-refractivity contribution in [1.29, 1.82) is 0 Å². The van der Waals surface area contributed by atoms with Crippen LogP contribution in [0.25, 0.3) is 11.4 Å². The molecular weight excluding hydrogens is 383 g/mol. The highest BCUT2D eigenvalue weighted by atomic mass is 32.2. The number of benzene rings is 1. The van der Waals surface area contributed by atoms with Crippen LogP contribution in [0.1, 0.15) is 0 Å². The van der Waals surface area contributed by atoms with Gasteiger partial charge in [-0.2, -0.15) is 0 Å². The number of hydrogen-bond acceptors (Lipinski definition) is 6. The minimum Gasteiger partial charge on any atom is -0.406 e. The number of nitrogens with zero attached hydrogens (tertiary/aromatic N) is 3. The van der Waals surface area contributed by atoms with Crippen LogP contribution in [0, 0.1) is 0 Å². The van der Waals surface area contributed by atoms with Crippen LogP contribution in [0.15, 0.2) is 53.9 Å². The lowest BCUT2D eigenvalue weighted by atomic mass is 10.3. The minimum atomic E-state index is -4.76. The van der Waals surface area contributed by atoms with E-state index in [1.807, 2.05) is 0 Å². The predicted molar refractivity (Wildman–Crippen MR) is 92.1 cm³/mol. The summed E-state index contributed by atoms with van der Waals surface area (Å²) < 4.78 is 40.1. The highest BCUT2D eigenvalue weighted by Gasteiger charge is 2.30. The molecule has 0 radical (unpaired) electrons. The second-order valence-electron chi connectivity index (χ2n) is 5.11. The number of rotatable bonds is 6. The van der Waals surface area contributed by atoms with Crippen LogP contribution in [-0.2, 0) is 4.79 Å². The van der Waals surface area contributed by atoms with Gasteiger partial charge in [-0.25, -0.2) is 4.98 Å². The number of aromatic nitrogens is 4. The third kappa shape index (κ3) is 5.71. The molecule has 0 aliphatic heterocycles. The standard InChI is InChI=1S/C16H12F3N5O2S/c17-16(18,19)26-12-3-1-11(2-4-12)21-13(25)9-27-15-22-14(23-24-15)10-5-7-20-8-6-10/h1-8H,9H2,(H,21,25)(H,22,23,24). The van der Waals surface area contributed by atoms with Crippen LogP contribution in [-0.4, -0.2) is 38.2 Å². The molecule has 3 rings (SSSR count). The number of ether oxygens (including phenoxy) is 1. The third-order valence-electron chi connectivity index (χ3n) is 3.12. The van der Waals surface area contributed by atoms with E-state index in [9.17, 15) is 18.0 Å². The molecule has 11 heteroatoms. The molecule has 0 unspecified atom stereocenters. The topological polar surface area (TPSA) is 92.8 Å². The van der Waals surface area contributed by atoms with E-state index < -0.39 is 6.36 Å². The summed E-state index contributed by atoms with van der Waals surface area (Å²) in [4.78, 5) is 20.1. The smallest absolute Gasteiger partial charge is 0.406 e. The molecule has 2 N–H and O–H groups in total. The fraction of sp³-hybridized carbons (Fsp3) is 0.125. The zero-order valence-electron chi connectivity index (χ0n) is 13.5. The lowest BCUT2D eigenvalue weighted by molar-refractivity contribution is -0.274. The van der Waals surface area contributed by atoms with Crippen molar-refractivity contribution in [3.05, 3.63) is 48.8 Å². The molecule has 0 aliphatic carbocycles. The van der Waals surface area contributed by atoms with E-state index in [1.54, 1.807) is 24.5 Å². The second kappa shape index (κ2) is 8.08. The van der Waals surface area contributed by atoms with Crippen molar-refractivity contribution in [2.45, 2.75) is 11.5 Å². The monoisotopic (exact) mass is 395 g/mol. The maximum absolute atomic E-state index is 12.1. The summed E-state index contributed by atoms with van der Waals surface area (Å²) in [6.07, 6.45) is -1.50. The molecule has 0 spiro atoms.